The highest BCUT2D eigenvalue weighted by Gasteiger charge is 2.72. The number of fused-ring (bicyclic) bond motifs is 1. The lowest BCUT2D eigenvalue weighted by atomic mass is 9.86. The predicted molar refractivity (Wildman–Crippen MR) is 133 cm³/mol. The molecule has 14 heteroatoms. The van der Waals surface area contributed by atoms with Gasteiger partial charge < -0.3 is 14.9 Å². The van der Waals surface area contributed by atoms with E-state index in [4.69, 9.17) is 14.9 Å². The quantitative estimate of drug-likeness (QED) is 0.466. The van der Waals surface area contributed by atoms with Gasteiger partial charge in [-0.25, -0.2) is 27.2 Å². The normalized spacial score (nSPS) is 25.4. The molecule has 0 unspecified atom stereocenters. The van der Waals surface area contributed by atoms with Gasteiger partial charge in [0.05, 0.1) is 17.9 Å². The summed E-state index contributed by atoms with van der Waals surface area (Å²) in [7, 11) is -3.49. The molecule has 10 nitrogen and oxygen atoms in total. The fourth-order valence-electron chi connectivity index (χ4n) is 4.49. The van der Waals surface area contributed by atoms with Crippen LogP contribution in [0.15, 0.2) is 40.0 Å². The molecule has 37 heavy (non-hydrogen) atoms. The van der Waals surface area contributed by atoms with E-state index in [0.717, 1.165) is 18.0 Å². The van der Waals surface area contributed by atoms with Crippen LogP contribution in [0.25, 0.3) is 11.9 Å². The summed E-state index contributed by atoms with van der Waals surface area (Å²) in [6.07, 6.45) is 5.06. The maximum Gasteiger partial charge on any atom is 0.253 e. The van der Waals surface area contributed by atoms with Crippen molar-refractivity contribution < 1.29 is 26.4 Å². The molecule has 0 amide bonds. The average Bonchev–Trinajstić information content (AvgIpc) is 3.47. The van der Waals surface area contributed by atoms with Crippen LogP contribution in [0.1, 0.15) is 41.9 Å². The van der Waals surface area contributed by atoms with E-state index in [1.807, 2.05) is 0 Å². The van der Waals surface area contributed by atoms with Gasteiger partial charge >= 0.3 is 0 Å². The fourth-order valence-corrected chi connectivity index (χ4v) is 7.78. The first-order valence-corrected chi connectivity index (χ1v) is 13.8. The van der Waals surface area contributed by atoms with Gasteiger partial charge in [0, 0.05) is 24.7 Å². The van der Waals surface area contributed by atoms with E-state index in [-0.39, 0.29) is 34.8 Å². The maximum absolute atomic E-state index is 15.0. The largest absolute Gasteiger partial charge is 0.466 e. The van der Waals surface area contributed by atoms with Crippen molar-refractivity contribution in [1.29, 1.82) is 0 Å². The van der Waals surface area contributed by atoms with E-state index in [1.165, 1.54) is 36.7 Å². The van der Waals surface area contributed by atoms with Crippen molar-refractivity contribution in [2.75, 3.05) is 6.26 Å². The Morgan fingerprint density at radius 3 is 2.76 bits per heavy atom. The molecule has 2 aliphatic rings. The van der Waals surface area contributed by atoms with Crippen LogP contribution in [-0.2, 0) is 22.0 Å². The van der Waals surface area contributed by atoms with Crippen LogP contribution >= 0.6 is 11.8 Å². The molecular weight excluding hydrogens is 526 g/mol. The third-order valence-corrected chi connectivity index (χ3v) is 10.4. The SMILES string of the molecule is Cc1nnc(COc2cnc(/C(F)=C/c3ccc(F)c([C@@]4(C)N=C(N)S[C@@]5(S(C)(=O)=O)C[C@H]54)c3)cn2)o1. The highest BCUT2D eigenvalue weighted by Crippen LogP contribution is 2.68. The Labute approximate surface area is 215 Å². The molecule has 0 bridgehead atoms. The molecule has 5 rings (SSSR count). The molecule has 1 aliphatic heterocycles. The van der Waals surface area contributed by atoms with Crippen LogP contribution in [0.5, 0.6) is 5.88 Å². The van der Waals surface area contributed by atoms with E-state index in [2.05, 4.69) is 25.2 Å². The Morgan fingerprint density at radius 1 is 1.32 bits per heavy atom. The van der Waals surface area contributed by atoms with E-state index in [9.17, 15) is 8.42 Å². The lowest BCUT2D eigenvalue weighted by Gasteiger charge is -2.33. The summed E-state index contributed by atoms with van der Waals surface area (Å²) in [5.74, 6) is -0.981. The van der Waals surface area contributed by atoms with Crippen molar-refractivity contribution >= 4 is 38.7 Å². The first-order valence-electron chi connectivity index (χ1n) is 11.1. The number of halogens is 2. The number of nitrogens with two attached hydrogens (primary N) is 1. The highest BCUT2D eigenvalue weighted by atomic mass is 32.3. The van der Waals surface area contributed by atoms with Gasteiger partial charge in [0.15, 0.2) is 27.4 Å². The number of aromatic nitrogens is 4. The molecule has 1 saturated carbocycles. The van der Waals surface area contributed by atoms with Gasteiger partial charge in [0.2, 0.25) is 11.8 Å². The number of sulfone groups is 1. The molecule has 0 spiro atoms. The maximum atomic E-state index is 15.0. The second-order valence-corrected chi connectivity index (χ2v) is 12.9. The molecule has 1 aromatic carbocycles. The second kappa shape index (κ2) is 8.87. The van der Waals surface area contributed by atoms with Gasteiger partial charge in [-0.1, -0.05) is 17.8 Å². The minimum atomic E-state index is -3.49. The predicted octanol–water partition coefficient (Wildman–Crippen LogP) is 3.39. The highest BCUT2D eigenvalue weighted by molar-refractivity contribution is 8.24. The number of aryl methyl sites for hydroxylation is 1. The van der Waals surface area contributed by atoms with Crippen molar-refractivity contribution in [1.82, 2.24) is 20.2 Å². The van der Waals surface area contributed by atoms with Crippen molar-refractivity contribution in [2.24, 2.45) is 16.6 Å². The minimum Gasteiger partial charge on any atom is -0.466 e. The molecular formula is C23H22F2N6O4S2. The first-order chi connectivity index (χ1) is 17.4. The fraction of sp³-hybridized carbons (Fsp3) is 0.348. The molecule has 3 aromatic rings. The Morgan fingerprint density at radius 2 is 2.11 bits per heavy atom. The number of benzene rings is 1. The molecule has 3 heterocycles. The number of ether oxygens (including phenoxy) is 1. The van der Waals surface area contributed by atoms with Crippen LogP contribution in [0.3, 0.4) is 0 Å². The van der Waals surface area contributed by atoms with Gasteiger partial charge in [0.25, 0.3) is 5.89 Å². The summed E-state index contributed by atoms with van der Waals surface area (Å²) in [5, 5.41) is 7.56. The molecule has 3 atom stereocenters. The van der Waals surface area contributed by atoms with Gasteiger partial charge in [0.1, 0.15) is 15.6 Å². The number of thioether (sulfide) groups is 1. The number of amidine groups is 1. The third kappa shape index (κ3) is 4.59. The van der Waals surface area contributed by atoms with Crippen LogP contribution < -0.4 is 10.5 Å². The molecule has 194 valence electrons. The molecule has 2 aromatic heterocycles. The third-order valence-electron chi connectivity index (χ3n) is 6.40. The van der Waals surface area contributed by atoms with E-state index >= 15 is 8.78 Å². The van der Waals surface area contributed by atoms with Crippen LogP contribution in [0.4, 0.5) is 8.78 Å². The Kier molecular flexibility index (Phi) is 6.06. The van der Waals surface area contributed by atoms with Crippen LogP contribution in [0.2, 0.25) is 0 Å². The monoisotopic (exact) mass is 548 g/mol. The summed E-state index contributed by atoms with van der Waals surface area (Å²) < 4.78 is 64.5. The summed E-state index contributed by atoms with van der Waals surface area (Å²) in [5.41, 5.74) is 5.16. The summed E-state index contributed by atoms with van der Waals surface area (Å²) >= 11 is 0.997. The average molecular weight is 549 g/mol. The molecule has 1 aliphatic carbocycles. The Bertz CT molecular complexity index is 1540. The molecule has 1 fully saturated rings. The topological polar surface area (TPSA) is 146 Å². The number of nitrogens with zero attached hydrogens (tertiary/aromatic N) is 5. The van der Waals surface area contributed by atoms with E-state index in [1.54, 1.807) is 13.8 Å². The van der Waals surface area contributed by atoms with Crippen molar-refractivity contribution in [3.05, 3.63) is 65.0 Å². The lowest BCUT2D eigenvalue weighted by molar-refractivity contribution is 0.250. The van der Waals surface area contributed by atoms with Crippen LogP contribution in [0, 0.1) is 18.7 Å². The zero-order valence-corrected chi connectivity index (χ0v) is 21.6. The van der Waals surface area contributed by atoms with E-state index in [0.29, 0.717) is 17.9 Å². The van der Waals surface area contributed by atoms with Gasteiger partial charge in [-0.05, 0) is 37.1 Å². The summed E-state index contributed by atoms with van der Waals surface area (Å²) in [6, 6.07) is 4.05. The van der Waals surface area contributed by atoms with Crippen molar-refractivity contribution in [3.63, 3.8) is 0 Å². The lowest BCUT2D eigenvalue weighted by Crippen LogP contribution is -2.39. The zero-order chi connectivity index (χ0) is 26.6. The minimum absolute atomic E-state index is 0.0164. The van der Waals surface area contributed by atoms with Gasteiger partial charge in [-0.2, -0.15) is 0 Å². The zero-order valence-electron chi connectivity index (χ0n) is 20.0. The smallest absolute Gasteiger partial charge is 0.253 e. The standard InChI is InChI=1S/C23H22F2N6O4S2/c1-12-30-31-20(35-12)11-34-19-10-27-17(9-28-19)16(25)7-13-4-5-15(24)14(6-13)22(2)18-8-23(18,37(3,32)33)36-21(26)29-22/h4-7,9-10,18H,8,11H2,1-3H3,(H2,26,29)/b16-7-/t18-,22+,23+/m0/s1. The van der Waals surface area contributed by atoms with Crippen molar-refractivity contribution in [3.8, 4) is 5.88 Å². The Balaban J connectivity index is 1.38. The van der Waals surface area contributed by atoms with Crippen molar-refractivity contribution in [2.45, 2.75) is 36.5 Å². The summed E-state index contributed by atoms with van der Waals surface area (Å²) in [4.78, 5) is 12.5. The molecule has 2 N–H and O–H groups in total. The van der Waals surface area contributed by atoms with Gasteiger partial charge in [-0.3, -0.25) is 4.99 Å². The van der Waals surface area contributed by atoms with E-state index < -0.39 is 37.0 Å². The summed E-state index contributed by atoms with van der Waals surface area (Å²) in [6.45, 7) is 3.28. The number of aliphatic imine (C=N–C) groups is 1. The van der Waals surface area contributed by atoms with Gasteiger partial charge in [-0.15, -0.1) is 10.2 Å². The van der Waals surface area contributed by atoms with Crippen LogP contribution in [-0.4, -0.2) is 44.1 Å². The molecule has 0 radical (unpaired) electrons. The number of hydrogen-bond donors (Lipinski definition) is 1. The Hall–Kier alpha value is -3.39. The molecule has 0 saturated heterocycles. The second-order valence-electron chi connectivity index (χ2n) is 9.02. The number of hydrogen-bond acceptors (Lipinski definition) is 11. The first kappa shape index (κ1) is 25.3. The number of rotatable bonds is 7.